The Morgan fingerprint density at radius 2 is 1.75 bits per heavy atom. The molecule has 1 N–H and O–H groups in total. The number of allylic oxidation sites excluding steroid dienone is 1. The molecular formula is C19H23N. The van der Waals surface area contributed by atoms with Crippen molar-refractivity contribution in [2.75, 3.05) is 6.54 Å². The van der Waals surface area contributed by atoms with Gasteiger partial charge in [-0.25, -0.2) is 0 Å². The van der Waals surface area contributed by atoms with E-state index in [1.54, 1.807) is 0 Å². The van der Waals surface area contributed by atoms with Crippen molar-refractivity contribution in [1.82, 2.24) is 5.32 Å². The van der Waals surface area contributed by atoms with Crippen LogP contribution in [0.25, 0.3) is 11.1 Å². The monoisotopic (exact) mass is 265 g/mol. The van der Waals surface area contributed by atoms with Crippen LogP contribution in [0.1, 0.15) is 24.5 Å². The molecule has 104 valence electrons. The summed E-state index contributed by atoms with van der Waals surface area (Å²) in [6.45, 7) is 9.22. The summed E-state index contributed by atoms with van der Waals surface area (Å²) in [6, 6.07) is 17.4. The fourth-order valence-corrected chi connectivity index (χ4v) is 2.36. The van der Waals surface area contributed by atoms with Gasteiger partial charge in [-0.2, -0.15) is 0 Å². The van der Waals surface area contributed by atoms with Crippen molar-refractivity contribution >= 4 is 0 Å². The molecule has 2 aromatic carbocycles. The first-order chi connectivity index (χ1) is 9.69. The van der Waals surface area contributed by atoms with Gasteiger partial charge in [0.25, 0.3) is 0 Å². The Labute approximate surface area is 122 Å². The van der Waals surface area contributed by atoms with E-state index in [-0.39, 0.29) is 0 Å². The number of nitrogens with one attached hydrogen (secondary N) is 1. The van der Waals surface area contributed by atoms with Gasteiger partial charge < -0.3 is 5.32 Å². The Morgan fingerprint density at radius 3 is 2.45 bits per heavy atom. The molecule has 0 bridgehead atoms. The molecule has 0 spiro atoms. The summed E-state index contributed by atoms with van der Waals surface area (Å²) in [5.41, 5.74) is 6.36. The Hall–Kier alpha value is -2.02. The highest BCUT2D eigenvalue weighted by atomic mass is 14.9. The molecule has 20 heavy (non-hydrogen) atoms. The third-order valence-corrected chi connectivity index (χ3v) is 3.42. The van der Waals surface area contributed by atoms with E-state index in [0.717, 1.165) is 25.1 Å². The van der Waals surface area contributed by atoms with Crippen molar-refractivity contribution in [1.29, 1.82) is 0 Å². The Balaban J connectivity index is 2.10. The zero-order chi connectivity index (χ0) is 14.4. The van der Waals surface area contributed by atoms with Gasteiger partial charge in [0.2, 0.25) is 0 Å². The predicted octanol–water partition coefficient (Wildman–Crippen LogP) is 4.72. The van der Waals surface area contributed by atoms with Crippen LogP contribution < -0.4 is 5.32 Å². The highest BCUT2D eigenvalue weighted by molar-refractivity contribution is 5.64. The molecule has 0 unspecified atom stereocenters. The molecule has 1 heteroatoms. The molecule has 0 aromatic heterocycles. The van der Waals surface area contributed by atoms with Gasteiger partial charge >= 0.3 is 0 Å². The van der Waals surface area contributed by atoms with Crippen molar-refractivity contribution < 1.29 is 0 Å². The van der Waals surface area contributed by atoms with Crippen LogP contribution in [0.15, 0.2) is 60.8 Å². The van der Waals surface area contributed by atoms with Crippen LogP contribution in [0.5, 0.6) is 0 Å². The van der Waals surface area contributed by atoms with E-state index in [2.05, 4.69) is 74.3 Å². The van der Waals surface area contributed by atoms with Gasteiger partial charge in [-0.05, 0) is 43.4 Å². The number of hydrogen-bond acceptors (Lipinski definition) is 1. The van der Waals surface area contributed by atoms with Gasteiger partial charge in [0.15, 0.2) is 0 Å². The van der Waals surface area contributed by atoms with E-state index in [1.165, 1.54) is 22.3 Å². The first-order valence-corrected chi connectivity index (χ1v) is 7.26. The summed E-state index contributed by atoms with van der Waals surface area (Å²) < 4.78 is 0. The summed E-state index contributed by atoms with van der Waals surface area (Å²) >= 11 is 0. The van der Waals surface area contributed by atoms with Crippen LogP contribution in [0.4, 0.5) is 0 Å². The van der Waals surface area contributed by atoms with E-state index in [9.17, 15) is 0 Å². The van der Waals surface area contributed by atoms with Crippen LogP contribution in [-0.4, -0.2) is 6.54 Å². The summed E-state index contributed by atoms with van der Waals surface area (Å²) in [5, 5.41) is 3.28. The Morgan fingerprint density at radius 1 is 1.05 bits per heavy atom. The molecule has 0 heterocycles. The molecule has 0 aliphatic carbocycles. The first-order valence-electron chi connectivity index (χ1n) is 7.26. The molecule has 2 rings (SSSR count). The molecular weight excluding hydrogens is 242 g/mol. The smallest absolute Gasteiger partial charge is 0.0115 e. The van der Waals surface area contributed by atoms with Gasteiger partial charge in [0.05, 0.1) is 0 Å². The predicted molar refractivity (Wildman–Crippen MR) is 87.8 cm³/mol. The Bertz CT molecular complexity index is 584. The minimum atomic E-state index is 0.947. The molecule has 0 atom stereocenters. The van der Waals surface area contributed by atoms with Crippen molar-refractivity contribution in [3.05, 3.63) is 71.9 Å². The minimum absolute atomic E-state index is 0.947. The molecule has 0 radical (unpaired) electrons. The molecule has 0 amide bonds. The van der Waals surface area contributed by atoms with Crippen molar-refractivity contribution in [3.8, 4) is 11.1 Å². The van der Waals surface area contributed by atoms with Crippen molar-refractivity contribution in [2.24, 2.45) is 0 Å². The lowest BCUT2D eigenvalue weighted by molar-refractivity contribution is 0.778. The van der Waals surface area contributed by atoms with Gasteiger partial charge in [-0.15, -0.1) is 0 Å². The molecule has 0 aliphatic heterocycles. The van der Waals surface area contributed by atoms with E-state index in [1.807, 2.05) is 0 Å². The first kappa shape index (κ1) is 14.4. The fourth-order valence-electron chi connectivity index (χ4n) is 2.36. The van der Waals surface area contributed by atoms with E-state index in [0.29, 0.717) is 0 Å². The van der Waals surface area contributed by atoms with Gasteiger partial charge in [0.1, 0.15) is 0 Å². The summed E-state index contributed by atoms with van der Waals surface area (Å²) in [6.07, 6.45) is 2.02. The highest BCUT2D eigenvalue weighted by Gasteiger charge is 2.01. The van der Waals surface area contributed by atoms with E-state index < -0.39 is 0 Å². The maximum atomic E-state index is 4.04. The maximum Gasteiger partial charge on any atom is 0.0115 e. The van der Waals surface area contributed by atoms with Gasteiger partial charge in [-0.3, -0.25) is 0 Å². The molecule has 0 saturated heterocycles. The SMILES string of the molecule is C=C(CCc1cccc(-c2cccc(C)c2)c1)NCC. The lowest BCUT2D eigenvalue weighted by atomic mass is 9.99. The van der Waals surface area contributed by atoms with Gasteiger partial charge in [0, 0.05) is 12.2 Å². The van der Waals surface area contributed by atoms with E-state index >= 15 is 0 Å². The topological polar surface area (TPSA) is 12.0 Å². The summed E-state index contributed by atoms with van der Waals surface area (Å²) in [5.74, 6) is 0. The van der Waals surface area contributed by atoms with Crippen LogP contribution in [0.2, 0.25) is 0 Å². The zero-order valence-corrected chi connectivity index (χ0v) is 12.4. The summed E-state index contributed by atoms with van der Waals surface area (Å²) in [4.78, 5) is 0. The van der Waals surface area contributed by atoms with Gasteiger partial charge in [-0.1, -0.05) is 60.7 Å². The number of aryl methyl sites for hydroxylation is 2. The number of hydrogen-bond donors (Lipinski definition) is 1. The molecule has 1 nitrogen and oxygen atoms in total. The minimum Gasteiger partial charge on any atom is -0.389 e. The average molecular weight is 265 g/mol. The largest absolute Gasteiger partial charge is 0.389 e. The standard InChI is InChI=1S/C19H23N/c1-4-20-16(3)11-12-17-8-6-10-19(14-17)18-9-5-7-15(2)13-18/h5-10,13-14,20H,3-4,11-12H2,1-2H3. The number of benzene rings is 2. The molecule has 0 aliphatic rings. The zero-order valence-electron chi connectivity index (χ0n) is 12.4. The second-order valence-corrected chi connectivity index (χ2v) is 5.20. The van der Waals surface area contributed by atoms with Crippen LogP contribution >= 0.6 is 0 Å². The van der Waals surface area contributed by atoms with Crippen LogP contribution in [-0.2, 0) is 6.42 Å². The van der Waals surface area contributed by atoms with Crippen molar-refractivity contribution in [2.45, 2.75) is 26.7 Å². The normalized spacial score (nSPS) is 10.3. The third-order valence-electron chi connectivity index (χ3n) is 3.42. The highest BCUT2D eigenvalue weighted by Crippen LogP contribution is 2.22. The molecule has 0 saturated carbocycles. The fraction of sp³-hybridized carbons (Fsp3) is 0.263. The quantitative estimate of drug-likeness (QED) is 0.797. The Kier molecular flexibility index (Phi) is 5.00. The second-order valence-electron chi connectivity index (χ2n) is 5.20. The lowest BCUT2D eigenvalue weighted by Gasteiger charge is -2.09. The molecule has 0 fully saturated rings. The summed E-state index contributed by atoms with van der Waals surface area (Å²) in [7, 11) is 0. The van der Waals surface area contributed by atoms with Crippen LogP contribution in [0.3, 0.4) is 0 Å². The second kappa shape index (κ2) is 6.95. The third kappa shape index (κ3) is 3.99. The maximum absolute atomic E-state index is 4.04. The number of rotatable bonds is 6. The average Bonchev–Trinajstić information content (AvgIpc) is 2.46. The molecule has 2 aromatic rings. The van der Waals surface area contributed by atoms with E-state index in [4.69, 9.17) is 0 Å². The lowest BCUT2D eigenvalue weighted by Crippen LogP contribution is -2.11. The van der Waals surface area contributed by atoms with Crippen LogP contribution in [0, 0.1) is 6.92 Å². The van der Waals surface area contributed by atoms with Crippen molar-refractivity contribution in [3.63, 3.8) is 0 Å².